The van der Waals surface area contributed by atoms with E-state index in [9.17, 15) is 0 Å². The number of rotatable bonds is 4. The molecule has 2 rings (SSSR count). The predicted octanol–water partition coefficient (Wildman–Crippen LogP) is 3.66. The number of hydrogen-bond acceptors (Lipinski definition) is 1. The van der Waals surface area contributed by atoms with Crippen LogP contribution in [0.3, 0.4) is 0 Å². The molecule has 2 heteroatoms. The standard InChI is InChI=1S/C14H22GeO/c1-15(2,12-14-9-6-10-16-14)11-13-7-4-3-5-8-13/h3-5,7-8,14H,6,9-12H2,1-2H3. The van der Waals surface area contributed by atoms with E-state index in [1.807, 2.05) is 0 Å². The van der Waals surface area contributed by atoms with Crippen molar-refractivity contribution in [2.45, 2.75) is 41.0 Å². The Balaban J connectivity index is 1.91. The van der Waals surface area contributed by atoms with Crippen LogP contribution in [0.25, 0.3) is 0 Å². The zero-order valence-corrected chi connectivity index (χ0v) is 12.5. The summed E-state index contributed by atoms with van der Waals surface area (Å²) < 4.78 is 5.77. The Morgan fingerprint density at radius 1 is 1.25 bits per heavy atom. The molecule has 0 aromatic heterocycles. The maximum atomic E-state index is 5.77. The average Bonchev–Trinajstić information content (AvgIpc) is 2.70. The van der Waals surface area contributed by atoms with E-state index in [0.717, 1.165) is 6.61 Å². The SMILES string of the molecule is [CH3][Ge]([CH3])([CH2]c1ccccc1)[CH2]C1CCCO1. The van der Waals surface area contributed by atoms with E-state index in [-0.39, 0.29) is 0 Å². The molecule has 16 heavy (non-hydrogen) atoms. The van der Waals surface area contributed by atoms with E-state index in [2.05, 4.69) is 41.8 Å². The van der Waals surface area contributed by atoms with Crippen molar-refractivity contribution in [2.24, 2.45) is 0 Å². The summed E-state index contributed by atoms with van der Waals surface area (Å²) in [5.41, 5.74) is 1.52. The Bertz CT molecular complexity index is 315. The van der Waals surface area contributed by atoms with Crippen LogP contribution < -0.4 is 0 Å². The second-order valence-corrected chi connectivity index (χ2v) is 16.3. The Kier molecular flexibility index (Phi) is 4.09. The van der Waals surface area contributed by atoms with E-state index >= 15 is 0 Å². The minimum atomic E-state index is -1.65. The van der Waals surface area contributed by atoms with Crippen LogP contribution in [0.1, 0.15) is 18.4 Å². The van der Waals surface area contributed by atoms with Gasteiger partial charge in [0.05, 0.1) is 0 Å². The molecule has 0 spiro atoms. The van der Waals surface area contributed by atoms with Crippen LogP contribution in [0.2, 0.25) is 16.8 Å². The second-order valence-electron chi connectivity index (χ2n) is 5.67. The molecule has 1 heterocycles. The molecule has 0 bridgehead atoms. The first-order valence-corrected chi connectivity index (χ1v) is 13.5. The molecule has 0 aliphatic carbocycles. The van der Waals surface area contributed by atoms with Crippen LogP contribution in [0.4, 0.5) is 0 Å². The molecule has 1 aliphatic rings. The third kappa shape index (κ3) is 3.63. The first-order chi connectivity index (χ1) is 7.66. The van der Waals surface area contributed by atoms with Gasteiger partial charge in [0.25, 0.3) is 0 Å². The van der Waals surface area contributed by atoms with Gasteiger partial charge in [-0.05, 0) is 0 Å². The van der Waals surface area contributed by atoms with Crippen molar-refractivity contribution < 1.29 is 4.74 Å². The van der Waals surface area contributed by atoms with Gasteiger partial charge in [-0.1, -0.05) is 0 Å². The summed E-state index contributed by atoms with van der Waals surface area (Å²) in [6.45, 7) is 0.994. The van der Waals surface area contributed by atoms with Crippen LogP contribution in [0.5, 0.6) is 0 Å². The van der Waals surface area contributed by atoms with E-state index in [0.29, 0.717) is 6.10 Å². The molecule has 1 aliphatic heterocycles. The molecule has 1 aromatic carbocycles. The van der Waals surface area contributed by atoms with Crippen molar-refractivity contribution in [3.8, 4) is 0 Å². The molecule has 0 saturated carbocycles. The molecule has 1 nitrogen and oxygen atoms in total. The predicted molar refractivity (Wildman–Crippen MR) is 71.4 cm³/mol. The fourth-order valence-electron chi connectivity index (χ4n) is 2.64. The Morgan fingerprint density at radius 3 is 2.62 bits per heavy atom. The van der Waals surface area contributed by atoms with Gasteiger partial charge < -0.3 is 0 Å². The van der Waals surface area contributed by atoms with E-state index < -0.39 is 13.3 Å². The normalized spacial score (nSPS) is 21.2. The van der Waals surface area contributed by atoms with Gasteiger partial charge in [-0.25, -0.2) is 0 Å². The van der Waals surface area contributed by atoms with E-state index in [1.54, 1.807) is 0 Å². The van der Waals surface area contributed by atoms with Crippen molar-refractivity contribution in [2.75, 3.05) is 6.61 Å². The minimum absolute atomic E-state index is 0.582. The van der Waals surface area contributed by atoms with Gasteiger partial charge in [0.1, 0.15) is 0 Å². The molecule has 0 N–H and O–H groups in total. The third-order valence-electron chi connectivity index (χ3n) is 3.33. The first-order valence-electron chi connectivity index (χ1n) is 6.31. The molecule has 88 valence electrons. The molecular formula is C14H22GeO. The summed E-state index contributed by atoms with van der Waals surface area (Å²) in [6.07, 6.45) is 3.15. The molecule has 0 amide bonds. The fourth-order valence-corrected chi connectivity index (χ4v) is 9.02. The second kappa shape index (κ2) is 5.37. The van der Waals surface area contributed by atoms with Crippen molar-refractivity contribution in [3.63, 3.8) is 0 Å². The molecule has 1 saturated heterocycles. The summed E-state index contributed by atoms with van der Waals surface area (Å²) in [6, 6.07) is 10.9. The molecule has 1 fully saturated rings. The van der Waals surface area contributed by atoms with Gasteiger partial charge in [-0.15, -0.1) is 0 Å². The van der Waals surface area contributed by atoms with Crippen molar-refractivity contribution in [3.05, 3.63) is 35.9 Å². The molecule has 1 aromatic rings. The van der Waals surface area contributed by atoms with Gasteiger partial charge in [0.15, 0.2) is 0 Å². The van der Waals surface area contributed by atoms with E-state index in [4.69, 9.17) is 4.74 Å². The molecule has 0 radical (unpaired) electrons. The van der Waals surface area contributed by atoms with Gasteiger partial charge >= 0.3 is 101 Å². The van der Waals surface area contributed by atoms with Crippen LogP contribution >= 0.6 is 0 Å². The topological polar surface area (TPSA) is 9.23 Å². The van der Waals surface area contributed by atoms with Crippen molar-refractivity contribution >= 4 is 13.3 Å². The van der Waals surface area contributed by atoms with Gasteiger partial charge in [-0.2, -0.15) is 0 Å². The molecule has 1 atom stereocenters. The fraction of sp³-hybridized carbons (Fsp3) is 0.571. The summed E-state index contributed by atoms with van der Waals surface area (Å²) in [4.78, 5) is 0. The Morgan fingerprint density at radius 2 is 2.00 bits per heavy atom. The Labute approximate surface area is 102 Å². The van der Waals surface area contributed by atoms with Crippen molar-refractivity contribution in [1.82, 2.24) is 0 Å². The van der Waals surface area contributed by atoms with Crippen LogP contribution in [0.15, 0.2) is 30.3 Å². The average molecular weight is 279 g/mol. The summed E-state index contributed by atoms with van der Waals surface area (Å²) in [5, 5.41) is 2.70. The molecular weight excluding hydrogens is 257 g/mol. The number of benzene rings is 1. The summed E-state index contributed by atoms with van der Waals surface area (Å²) >= 11 is -1.65. The third-order valence-corrected chi connectivity index (χ3v) is 9.47. The monoisotopic (exact) mass is 280 g/mol. The first kappa shape index (κ1) is 12.2. The molecule has 1 unspecified atom stereocenters. The van der Waals surface area contributed by atoms with E-state index in [1.165, 1.54) is 28.9 Å². The van der Waals surface area contributed by atoms with Gasteiger partial charge in [0.2, 0.25) is 0 Å². The quantitative estimate of drug-likeness (QED) is 0.764. The number of hydrogen-bond donors (Lipinski definition) is 0. The van der Waals surface area contributed by atoms with Crippen LogP contribution in [0, 0.1) is 0 Å². The van der Waals surface area contributed by atoms with Gasteiger partial charge in [-0.3, -0.25) is 0 Å². The summed E-state index contributed by atoms with van der Waals surface area (Å²) in [7, 11) is 0. The maximum absolute atomic E-state index is 5.77. The Hall–Kier alpha value is -0.277. The summed E-state index contributed by atoms with van der Waals surface area (Å²) in [5.74, 6) is 5.07. The zero-order valence-electron chi connectivity index (χ0n) is 10.4. The zero-order chi connectivity index (χ0) is 11.4. The van der Waals surface area contributed by atoms with Gasteiger partial charge in [0, 0.05) is 0 Å². The van der Waals surface area contributed by atoms with Crippen LogP contribution in [-0.2, 0) is 9.99 Å². The number of ether oxygens (including phenoxy) is 1. The van der Waals surface area contributed by atoms with Crippen LogP contribution in [-0.4, -0.2) is 26.0 Å². The van der Waals surface area contributed by atoms with Crippen molar-refractivity contribution in [1.29, 1.82) is 0 Å².